The van der Waals surface area contributed by atoms with Gasteiger partial charge in [0, 0.05) is 30.1 Å². The highest BCUT2D eigenvalue weighted by molar-refractivity contribution is 7.10. The molecule has 3 heterocycles. The molecule has 2 amide bonds. The first kappa shape index (κ1) is 20.1. The summed E-state index contributed by atoms with van der Waals surface area (Å²) in [5.41, 5.74) is 1.57. The number of hydrogen-bond acceptors (Lipinski definition) is 3. The highest BCUT2D eigenvalue weighted by Crippen LogP contribution is 2.45. The maximum absolute atomic E-state index is 13.9. The van der Waals surface area contributed by atoms with Gasteiger partial charge in [-0.1, -0.05) is 45.0 Å². The number of nitrogens with zero attached hydrogens (tertiary/aromatic N) is 2. The van der Waals surface area contributed by atoms with Crippen LogP contribution < -0.4 is 0 Å². The molecule has 5 heteroatoms. The molecule has 2 aromatic rings. The van der Waals surface area contributed by atoms with Crippen LogP contribution in [0.2, 0.25) is 0 Å². The summed E-state index contributed by atoms with van der Waals surface area (Å²) in [6.07, 6.45) is 2.11. The van der Waals surface area contributed by atoms with Crippen LogP contribution in [0, 0.1) is 11.8 Å². The van der Waals surface area contributed by atoms with Gasteiger partial charge in [0.25, 0.3) is 5.91 Å². The number of benzene rings is 1. The Morgan fingerprint density at radius 3 is 2.52 bits per heavy atom. The number of carbonyl (C=O) groups excluding carboxylic acids is 2. The highest BCUT2D eigenvalue weighted by atomic mass is 32.1. The van der Waals surface area contributed by atoms with Crippen molar-refractivity contribution in [2.75, 3.05) is 19.6 Å². The van der Waals surface area contributed by atoms with E-state index in [0.717, 1.165) is 36.4 Å². The smallest absolute Gasteiger partial charge is 0.254 e. The van der Waals surface area contributed by atoms with Gasteiger partial charge in [0.1, 0.15) is 0 Å². The lowest BCUT2D eigenvalue weighted by Crippen LogP contribution is -2.50. The van der Waals surface area contributed by atoms with Crippen LogP contribution in [0.5, 0.6) is 0 Å². The van der Waals surface area contributed by atoms with Crippen LogP contribution in [0.15, 0.2) is 41.8 Å². The van der Waals surface area contributed by atoms with Crippen LogP contribution in [-0.2, 0) is 4.79 Å². The van der Waals surface area contributed by atoms with Gasteiger partial charge in [0.15, 0.2) is 0 Å². The topological polar surface area (TPSA) is 40.6 Å². The molecule has 0 aliphatic carbocycles. The number of rotatable bonds is 4. The van der Waals surface area contributed by atoms with E-state index >= 15 is 0 Å². The highest BCUT2D eigenvalue weighted by Gasteiger charge is 2.46. The molecule has 0 bridgehead atoms. The Kier molecular flexibility index (Phi) is 5.77. The molecule has 0 unspecified atom stereocenters. The van der Waals surface area contributed by atoms with Crippen molar-refractivity contribution in [1.82, 2.24) is 9.80 Å². The molecule has 0 saturated carbocycles. The lowest BCUT2D eigenvalue weighted by atomic mass is 9.80. The Morgan fingerprint density at radius 2 is 1.86 bits per heavy atom. The van der Waals surface area contributed by atoms with Gasteiger partial charge in [-0.15, -0.1) is 11.3 Å². The van der Waals surface area contributed by atoms with E-state index in [1.807, 2.05) is 45.5 Å². The molecule has 154 valence electrons. The number of amides is 2. The summed E-state index contributed by atoms with van der Waals surface area (Å²) in [6, 6.07) is 11.6. The second kappa shape index (κ2) is 8.31. The summed E-state index contributed by atoms with van der Waals surface area (Å²) >= 11 is 1.64. The first-order chi connectivity index (χ1) is 14.0. The van der Waals surface area contributed by atoms with Crippen molar-refractivity contribution in [2.45, 2.75) is 45.6 Å². The predicted molar refractivity (Wildman–Crippen MR) is 117 cm³/mol. The fraction of sp³-hybridized carbons (Fsp3) is 0.500. The molecule has 2 aliphatic heterocycles. The summed E-state index contributed by atoms with van der Waals surface area (Å²) in [5, 5.41) is 2.04. The third-order valence-corrected chi connectivity index (χ3v) is 7.14. The zero-order valence-corrected chi connectivity index (χ0v) is 18.3. The van der Waals surface area contributed by atoms with E-state index in [1.54, 1.807) is 11.3 Å². The van der Waals surface area contributed by atoms with Gasteiger partial charge in [0.05, 0.1) is 12.0 Å². The van der Waals surface area contributed by atoms with E-state index in [0.29, 0.717) is 23.9 Å². The summed E-state index contributed by atoms with van der Waals surface area (Å²) in [5.74, 6) is 0.880. The zero-order valence-electron chi connectivity index (χ0n) is 17.5. The van der Waals surface area contributed by atoms with Crippen molar-refractivity contribution in [3.63, 3.8) is 0 Å². The molecule has 1 aromatic heterocycles. The molecule has 1 fully saturated rings. The normalized spacial score (nSPS) is 22.8. The van der Waals surface area contributed by atoms with Crippen molar-refractivity contribution in [2.24, 2.45) is 11.8 Å². The third-order valence-electron chi connectivity index (χ3n) is 6.20. The van der Waals surface area contributed by atoms with E-state index < -0.39 is 0 Å². The van der Waals surface area contributed by atoms with Crippen LogP contribution in [0.1, 0.15) is 66.4 Å². The van der Waals surface area contributed by atoms with Crippen LogP contribution in [0.3, 0.4) is 0 Å². The minimum Gasteiger partial charge on any atom is -0.342 e. The second-order valence-electron chi connectivity index (χ2n) is 8.88. The largest absolute Gasteiger partial charge is 0.342 e. The summed E-state index contributed by atoms with van der Waals surface area (Å²) in [7, 11) is 0. The number of hydrogen-bond donors (Lipinski definition) is 0. The molecule has 1 aromatic carbocycles. The molecular formula is C24H30N2O2S. The lowest BCUT2D eigenvalue weighted by Gasteiger charge is -2.44. The maximum atomic E-state index is 13.9. The van der Waals surface area contributed by atoms with Crippen LogP contribution in [0.4, 0.5) is 0 Å². The van der Waals surface area contributed by atoms with Crippen molar-refractivity contribution in [3.05, 3.63) is 57.8 Å². The minimum absolute atomic E-state index is 0.0454. The monoisotopic (exact) mass is 410 g/mol. The van der Waals surface area contributed by atoms with E-state index in [1.165, 1.54) is 0 Å². The number of fused-ring (bicyclic) bond motifs is 1. The van der Waals surface area contributed by atoms with E-state index in [2.05, 4.69) is 26.8 Å². The standard InChI is InChI=1S/C24H30N2O2S/c1-16(2)15-26-22(20-9-6-14-29-20)21(18-7-4-5-8-19(18)23(26)27)24(28)25-12-10-17(3)11-13-25/h4-9,14,16-17,21-22H,10-13,15H2,1-3H3/t21-,22+/m0/s1. The van der Waals surface area contributed by atoms with Crippen molar-refractivity contribution < 1.29 is 9.59 Å². The minimum atomic E-state index is -0.338. The summed E-state index contributed by atoms with van der Waals surface area (Å²) in [6.45, 7) is 8.79. The van der Waals surface area contributed by atoms with Crippen LogP contribution in [-0.4, -0.2) is 41.2 Å². The fourth-order valence-electron chi connectivity index (χ4n) is 4.66. The number of piperidine rings is 1. The lowest BCUT2D eigenvalue weighted by molar-refractivity contribution is -0.136. The van der Waals surface area contributed by atoms with Crippen LogP contribution >= 0.6 is 11.3 Å². The SMILES string of the molecule is CC(C)CN1C(=O)c2ccccc2[C@H](C(=O)N2CCC(C)CC2)[C@H]1c1cccs1. The Labute approximate surface area is 177 Å². The molecular weight excluding hydrogens is 380 g/mol. The van der Waals surface area contributed by atoms with E-state index in [4.69, 9.17) is 0 Å². The molecule has 0 spiro atoms. The average molecular weight is 411 g/mol. The van der Waals surface area contributed by atoms with Gasteiger partial charge >= 0.3 is 0 Å². The Hall–Kier alpha value is -2.14. The Bertz CT molecular complexity index is 869. The summed E-state index contributed by atoms with van der Waals surface area (Å²) < 4.78 is 0. The quantitative estimate of drug-likeness (QED) is 0.716. The number of likely N-dealkylation sites (tertiary alicyclic amines) is 1. The molecule has 29 heavy (non-hydrogen) atoms. The van der Waals surface area contributed by atoms with Gasteiger partial charge in [-0.25, -0.2) is 0 Å². The molecule has 4 nitrogen and oxygen atoms in total. The van der Waals surface area contributed by atoms with Crippen molar-refractivity contribution in [1.29, 1.82) is 0 Å². The maximum Gasteiger partial charge on any atom is 0.254 e. The second-order valence-corrected chi connectivity index (χ2v) is 9.86. The molecule has 4 rings (SSSR count). The van der Waals surface area contributed by atoms with Crippen molar-refractivity contribution in [3.8, 4) is 0 Å². The van der Waals surface area contributed by atoms with E-state index in [9.17, 15) is 9.59 Å². The zero-order chi connectivity index (χ0) is 20.5. The molecule has 0 N–H and O–H groups in total. The van der Waals surface area contributed by atoms with Crippen molar-refractivity contribution >= 4 is 23.2 Å². The Balaban J connectivity index is 1.81. The van der Waals surface area contributed by atoms with Gasteiger partial charge < -0.3 is 9.80 Å². The van der Waals surface area contributed by atoms with Gasteiger partial charge in [-0.05, 0) is 47.8 Å². The number of thiophene rings is 1. The molecule has 1 saturated heterocycles. The summed E-state index contributed by atoms with van der Waals surface area (Å²) in [4.78, 5) is 32.4. The molecule has 2 atom stereocenters. The first-order valence-electron chi connectivity index (χ1n) is 10.7. The van der Waals surface area contributed by atoms with E-state index in [-0.39, 0.29) is 23.8 Å². The van der Waals surface area contributed by atoms with Gasteiger partial charge in [-0.3, -0.25) is 9.59 Å². The fourth-order valence-corrected chi connectivity index (χ4v) is 5.53. The molecule has 0 radical (unpaired) electrons. The predicted octanol–water partition coefficient (Wildman–Crippen LogP) is 4.94. The average Bonchev–Trinajstić information content (AvgIpc) is 3.24. The first-order valence-corrected chi connectivity index (χ1v) is 11.6. The van der Waals surface area contributed by atoms with Gasteiger partial charge in [-0.2, -0.15) is 0 Å². The van der Waals surface area contributed by atoms with Gasteiger partial charge in [0.2, 0.25) is 5.91 Å². The number of carbonyl (C=O) groups is 2. The Morgan fingerprint density at radius 1 is 1.14 bits per heavy atom. The third kappa shape index (κ3) is 3.85. The molecule has 2 aliphatic rings. The van der Waals surface area contributed by atoms with Crippen LogP contribution in [0.25, 0.3) is 0 Å².